The van der Waals surface area contributed by atoms with Gasteiger partial charge in [-0.15, -0.1) is 0 Å². The van der Waals surface area contributed by atoms with Crippen molar-refractivity contribution in [1.82, 2.24) is 4.98 Å². The molecule has 0 fully saturated rings. The van der Waals surface area contributed by atoms with Crippen LogP contribution in [0, 0.1) is 0 Å². The van der Waals surface area contributed by atoms with Crippen molar-refractivity contribution in [3.8, 4) is 0 Å². The van der Waals surface area contributed by atoms with Gasteiger partial charge in [-0.2, -0.15) is 0 Å². The molecule has 5 nitrogen and oxygen atoms in total. The van der Waals surface area contributed by atoms with E-state index >= 15 is 0 Å². The summed E-state index contributed by atoms with van der Waals surface area (Å²) < 4.78 is 0. The minimum absolute atomic E-state index is 0.0657. The predicted octanol–water partition coefficient (Wildman–Crippen LogP) is 3.00. The van der Waals surface area contributed by atoms with E-state index in [0.717, 1.165) is 5.56 Å². The van der Waals surface area contributed by atoms with Crippen LogP contribution in [0.5, 0.6) is 0 Å². The smallest absolute Gasteiger partial charge is 0.354 e. The van der Waals surface area contributed by atoms with Gasteiger partial charge in [-0.05, 0) is 30.2 Å². The molecule has 6 heteroatoms. The molecule has 0 aliphatic carbocycles. The maximum atomic E-state index is 11.8. The third-order valence-electron chi connectivity index (χ3n) is 2.85. The molecule has 1 aromatic carbocycles. The van der Waals surface area contributed by atoms with Crippen LogP contribution in [0.15, 0.2) is 42.6 Å². The highest BCUT2D eigenvalue weighted by Gasteiger charge is 2.07. The molecule has 2 rings (SSSR count). The van der Waals surface area contributed by atoms with Gasteiger partial charge in [0, 0.05) is 11.4 Å². The van der Waals surface area contributed by atoms with Crippen molar-refractivity contribution in [3.05, 3.63) is 58.9 Å². The number of aromatic nitrogens is 1. The maximum absolute atomic E-state index is 11.8. The lowest BCUT2D eigenvalue weighted by Gasteiger charge is -2.06. The van der Waals surface area contributed by atoms with Crippen LogP contribution >= 0.6 is 11.6 Å². The van der Waals surface area contributed by atoms with Crippen LogP contribution in [0.25, 0.3) is 0 Å². The highest BCUT2D eigenvalue weighted by molar-refractivity contribution is 6.31. The lowest BCUT2D eigenvalue weighted by atomic mass is 10.1. The van der Waals surface area contributed by atoms with E-state index in [0.29, 0.717) is 17.1 Å². The molecule has 1 aromatic heterocycles. The average Bonchev–Trinajstić information content (AvgIpc) is 2.47. The van der Waals surface area contributed by atoms with Gasteiger partial charge in [0.15, 0.2) is 0 Å². The lowest BCUT2D eigenvalue weighted by Crippen LogP contribution is -2.13. The zero-order chi connectivity index (χ0) is 15.2. The first-order chi connectivity index (χ1) is 10.1. The van der Waals surface area contributed by atoms with E-state index in [-0.39, 0.29) is 18.0 Å². The third kappa shape index (κ3) is 4.29. The van der Waals surface area contributed by atoms with Gasteiger partial charge in [-0.1, -0.05) is 29.8 Å². The SMILES string of the molecule is O=C(CCc1ccccc1Cl)Nc1ccc(C(=O)O)nc1. The van der Waals surface area contributed by atoms with Gasteiger partial charge in [-0.3, -0.25) is 4.79 Å². The highest BCUT2D eigenvalue weighted by atomic mass is 35.5. The van der Waals surface area contributed by atoms with Gasteiger partial charge < -0.3 is 10.4 Å². The number of pyridine rings is 1. The Labute approximate surface area is 126 Å². The van der Waals surface area contributed by atoms with Crippen LogP contribution in [0.3, 0.4) is 0 Å². The normalized spacial score (nSPS) is 10.1. The molecule has 1 heterocycles. The summed E-state index contributed by atoms with van der Waals surface area (Å²) in [5.74, 6) is -1.29. The standard InChI is InChI=1S/C15H13ClN2O3/c16-12-4-2-1-3-10(12)5-8-14(19)18-11-6-7-13(15(20)21)17-9-11/h1-4,6-7,9H,5,8H2,(H,18,19)(H,20,21). The van der Waals surface area contributed by atoms with Crippen LogP contribution < -0.4 is 5.32 Å². The molecule has 0 unspecified atom stereocenters. The zero-order valence-electron chi connectivity index (χ0n) is 11.0. The van der Waals surface area contributed by atoms with E-state index in [1.807, 2.05) is 18.2 Å². The Kier molecular flexibility index (Phi) is 4.90. The first-order valence-electron chi connectivity index (χ1n) is 6.29. The first-order valence-corrected chi connectivity index (χ1v) is 6.66. The third-order valence-corrected chi connectivity index (χ3v) is 3.21. The molecule has 0 spiro atoms. The largest absolute Gasteiger partial charge is 0.477 e. The van der Waals surface area contributed by atoms with Crippen LogP contribution in [-0.2, 0) is 11.2 Å². The minimum Gasteiger partial charge on any atom is -0.477 e. The Bertz CT molecular complexity index is 656. The van der Waals surface area contributed by atoms with Crippen molar-refractivity contribution in [3.63, 3.8) is 0 Å². The summed E-state index contributed by atoms with van der Waals surface area (Å²) >= 11 is 6.02. The summed E-state index contributed by atoms with van der Waals surface area (Å²) in [6.45, 7) is 0. The fourth-order valence-electron chi connectivity index (χ4n) is 1.77. The molecule has 0 bridgehead atoms. The number of amides is 1. The average molecular weight is 305 g/mol. The predicted molar refractivity (Wildman–Crippen MR) is 79.6 cm³/mol. The number of carbonyl (C=O) groups is 2. The van der Waals surface area contributed by atoms with Gasteiger partial charge in [0.2, 0.25) is 5.91 Å². The number of rotatable bonds is 5. The Hall–Kier alpha value is -2.40. The van der Waals surface area contributed by atoms with E-state index in [9.17, 15) is 9.59 Å². The van der Waals surface area contributed by atoms with Crippen LogP contribution in [0.2, 0.25) is 5.02 Å². The lowest BCUT2D eigenvalue weighted by molar-refractivity contribution is -0.116. The highest BCUT2D eigenvalue weighted by Crippen LogP contribution is 2.17. The van der Waals surface area contributed by atoms with Crippen molar-refractivity contribution >= 4 is 29.2 Å². The molecule has 1 amide bonds. The van der Waals surface area contributed by atoms with Crippen molar-refractivity contribution in [2.45, 2.75) is 12.8 Å². The molecule has 0 aliphatic rings. The van der Waals surface area contributed by atoms with Gasteiger partial charge in [-0.25, -0.2) is 9.78 Å². The van der Waals surface area contributed by atoms with Crippen molar-refractivity contribution in [2.24, 2.45) is 0 Å². The van der Waals surface area contributed by atoms with Gasteiger partial charge >= 0.3 is 5.97 Å². The molecule has 21 heavy (non-hydrogen) atoms. The zero-order valence-corrected chi connectivity index (χ0v) is 11.8. The molecule has 2 aromatic rings. The number of aryl methyl sites for hydroxylation is 1. The number of halogens is 1. The first kappa shape index (κ1) is 15.0. The molecular weight excluding hydrogens is 292 g/mol. The van der Waals surface area contributed by atoms with Crippen molar-refractivity contribution < 1.29 is 14.7 Å². The Balaban J connectivity index is 1.90. The minimum atomic E-state index is -1.11. The quantitative estimate of drug-likeness (QED) is 0.890. The fourth-order valence-corrected chi connectivity index (χ4v) is 2.00. The second-order valence-corrected chi connectivity index (χ2v) is 4.78. The maximum Gasteiger partial charge on any atom is 0.354 e. The Morgan fingerprint density at radius 1 is 1.19 bits per heavy atom. The fraction of sp³-hybridized carbons (Fsp3) is 0.133. The van der Waals surface area contributed by atoms with Gasteiger partial charge in [0.05, 0.1) is 11.9 Å². The van der Waals surface area contributed by atoms with E-state index in [1.165, 1.54) is 18.3 Å². The summed E-state index contributed by atoms with van der Waals surface area (Å²) in [5.41, 5.74) is 1.31. The van der Waals surface area contributed by atoms with E-state index in [1.54, 1.807) is 6.07 Å². The number of nitrogens with zero attached hydrogens (tertiary/aromatic N) is 1. The number of carbonyl (C=O) groups excluding carboxylic acids is 1. The van der Waals surface area contributed by atoms with Crippen LogP contribution in [-0.4, -0.2) is 22.0 Å². The van der Waals surface area contributed by atoms with E-state index in [4.69, 9.17) is 16.7 Å². The van der Waals surface area contributed by atoms with Crippen molar-refractivity contribution in [2.75, 3.05) is 5.32 Å². The topological polar surface area (TPSA) is 79.3 Å². The molecule has 0 atom stereocenters. The summed E-state index contributed by atoms with van der Waals surface area (Å²) in [4.78, 5) is 26.2. The summed E-state index contributed by atoms with van der Waals surface area (Å²) in [6.07, 6.45) is 2.13. The molecular formula is C15H13ClN2O3. The van der Waals surface area contributed by atoms with Crippen LogP contribution in [0.4, 0.5) is 5.69 Å². The van der Waals surface area contributed by atoms with Gasteiger partial charge in [0.25, 0.3) is 0 Å². The van der Waals surface area contributed by atoms with Crippen molar-refractivity contribution in [1.29, 1.82) is 0 Å². The summed E-state index contributed by atoms with van der Waals surface area (Å²) in [5, 5.41) is 12.0. The summed E-state index contributed by atoms with van der Waals surface area (Å²) in [7, 11) is 0. The number of carboxylic acid groups (broad SMARTS) is 1. The monoisotopic (exact) mass is 304 g/mol. The number of hydrogen-bond donors (Lipinski definition) is 2. The Morgan fingerprint density at radius 3 is 2.57 bits per heavy atom. The molecule has 0 aliphatic heterocycles. The summed E-state index contributed by atoms with van der Waals surface area (Å²) in [6, 6.07) is 10.2. The van der Waals surface area contributed by atoms with E-state index < -0.39 is 5.97 Å². The number of benzene rings is 1. The molecule has 0 saturated carbocycles. The second kappa shape index (κ2) is 6.85. The molecule has 2 N–H and O–H groups in total. The molecule has 0 saturated heterocycles. The van der Waals surface area contributed by atoms with Gasteiger partial charge in [0.1, 0.15) is 5.69 Å². The number of anilines is 1. The van der Waals surface area contributed by atoms with E-state index in [2.05, 4.69) is 10.3 Å². The molecule has 108 valence electrons. The number of hydrogen-bond acceptors (Lipinski definition) is 3. The van der Waals surface area contributed by atoms with Crippen LogP contribution in [0.1, 0.15) is 22.5 Å². The Morgan fingerprint density at radius 2 is 1.95 bits per heavy atom. The molecule has 0 radical (unpaired) electrons. The second-order valence-electron chi connectivity index (χ2n) is 4.38. The number of carboxylic acids is 1. The number of nitrogens with one attached hydrogen (secondary N) is 1. The number of aromatic carboxylic acids is 1.